The van der Waals surface area contributed by atoms with Gasteiger partial charge in [0, 0.05) is 0 Å². The number of hydrogen-bond donors (Lipinski definition) is 0. The second-order valence-electron chi connectivity index (χ2n) is 3.64. The van der Waals surface area contributed by atoms with E-state index in [2.05, 4.69) is 20.6 Å². The molecular formula is C11H23OOs. The van der Waals surface area contributed by atoms with Crippen molar-refractivity contribution in [3.63, 3.8) is 0 Å². The number of carbonyl (C=O) groups excluding carboxylic acids is 1. The van der Waals surface area contributed by atoms with E-state index < -0.39 is 0 Å². The van der Waals surface area contributed by atoms with Crippen molar-refractivity contribution in [3.8, 4) is 0 Å². The fourth-order valence-electron chi connectivity index (χ4n) is 1.80. The first-order valence-corrected chi connectivity index (χ1v) is 4.54. The van der Waals surface area contributed by atoms with E-state index in [4.69, 9.17) is 4.79 Å². The predicted octanol–water partition coefficient (Wildman–Crippen LogP) is 3.58. The molecule has 0 spiro atoms. The minimum Gasteiger partial charge on any atom is -0.545 e. The van der Waals surface area contributed by atoms with Crippen molar-refractivity contribution in [3.05, 3.63) is 0 Å². The maximum absolute atomic E-state index is 7.75. The van der Waals surface area contributed by atoms with Crippen LogP contribution in [0.3, 0.4) is 0 Å². The SMILES string of the molecule is C.CC(C)C1CCCCC1.[CH-]=O.[Os+]. The second kappa shape index (κ2) is 12.3. The van der Waals surface area contributed by atoms with Crippen molar-refractivity contribution in [1.29, 1.82) is 0 Å². The summed E-state index contributed by atoms with van der Waals surface area (Å²) in [7, 11) is 0. The summed E-state index contributed by atoms with van der Waals surface area (Å²) in [5.74, 6) is 1.99. The zero-order valence-corrected chi connectivity index (χ0v) is 10.6. The summed E-state index contributed by atoms with van der Waals surface area (Å²) in [6.45, 7) is 7.96. The van der Waals surface area contributed by atoms with Crippen LogP contribution in [0.2, 0.25) is 0 Å². The molecule has 1 nitrogen and oxygen atoms in total. The van der Waals surface area contributed by atoms with Crippen LogP contribution < -0.4 is 0 Å². The van der Waals surface area contributed by atoms with Gasteiger partial charge in [0.05, 0.1) is 0 Å². The van der Waals surface area contributed by atoms with Crippen LogP contribution in [0.1, 0.15) is 53.4 Å². The fourth-order valence-corrected chi connectivity index (χ4v) is 1.80. The quantitative estimate of drug-likeness (QED) is 0.515. The maximum atomic E-state index is 7.75. The van der Waals surface area contributed by atoms with Crippen molar-refractivity contribution >= 4 is 6.79 Å². The molecular weight excluding hydrogens is 338 g/mol. The molecule has 1 rings (SSSR count). The molecule has 0 unspecified atom stereocenters. The van der Waals surface area contributed by atoms with E-state index in [0.29, 0.717) is 0 Å². The van der Waals surface area contributed by atoms with Crippen molar-refractivity contribution < 1.29 is 24.6 Å². The van der Waals surface area contributed by atoms with Gasteiger partial charge in [-0.25, -0.2) is 0 Å². The summed E-state index contributed by atoms with van der Waals surface area (Å²) >= 11 is 0. The summed E-state index contributed by atoms with van der Waals surface area (Å²) in [5.41, 5.74) is 0. The van der Waals surface area contributed by atoms with Gasteiger partial charge in [-0.3, -0.25) is 6.79 Å². The number of rotatable bonds is 1. The van der Waals surface area contributed by atoms with Crippen LogP contribution in [0.25, 0.3) is 0 Å². The van der Waals surface area contributed by atoms with Crippen molar-refractivity contribution in [2.75, 3.05) is 0 Å². The van der Waals surface area contributed by atoms with Gasteiger partial charge >= 0.3 is 19.8 Å². The summed E-state index contributed by atoms with van der Waals surface area (Å²) in [4.78, 5) is 7.75. The van der Waals surface area contributed by atoms with Gasteiger partial charge in [0.1, 0.15) is 0 Å². The second-order valence-corrected chi connectivity index (χ2v) is 3.64. The molecule has 0 amide bonds. The molecule has 1 saturated carbocycles. The van der Waals surface area contributed by atoms with E-state index in [1.54, 1.807) is 0 Å². The summed E-state index contributed by atoms with van der Waals surface area (Å²) in [6, 6.07) is 0. The van der Waals surface area contributed by atoms with E-state index in [-0.39, 0.29) is 27.2 Å². The Morgan fingerprint density at radius 1 is 1.08 bits per heavy atom. The molecule has 1 aliphatic rings. The Morgan fingerprint density at radius 2 is 1.46 bits per heavy atom. The minimum absolute atomic E-state index is 0. The topological polar surface area (TPSA) is 17.1 Å². The Kier molecular flexibility index (Phi) is 18.0. The van der Waals surface area contributed by atoms with E-state index in [9.17, 15) is 0 Å². The molecule has 2 heteroatoms. The standard InChI is InChI=1S/C9H18.CHO.CH4.Os/c1-8(2)9-6-4-3-5-7-9;1-2;;/h8-9H,3-7H2,1-2H3;1H;1H4;/q;-1;;+1. The number of hydrogen-bond acceptors (Lipinski definition) is 1. The molecule has 1 aliphatic carbocycles. The van der Waals surface area contributed by atoms with Gasteiger partial charge < -0.3 is 4.79 Å². The van der Waals surface area contributed by atoms with Gasteiger partial charge in [-0.05, 0) is 11.8 Å². The van der Waals surface area contributed by atoms with Crippen LogP contribution in [-0.2, 0) is 24.6 Å². The van der Waals surface area contributed by atoms with E-state index >= 15 is 0 Å². The van der Waals surface area contributed by atoms with Crippen molar-refractivity contribution in [2.45, 2.75) is 53.4 Å². The molecule has 0 atom stereocenters. The molecule has 0 heterocycles. The zero-order chi connectivity index (χ0) is 8.69. The van der Waals surface area contributed by atoms with Gasteiger partial charge in [-0.2, -0.15) is 0 Å². The van der Waals surface area contributed by atoms with Crippen LogP contribution in [0.15, 0.2) is 0 Å². The third-order valence-electron chi connectivity index (χ3n) is 2.59. The molecule has 0 saturated heterocycles. The van der Waals surface area contributed by atoms with Crippen LogP contribution in [0.5, 0.6) is 0 Å². The van der Waals surface area contributed by atoms with Crippen LogP contribution in [0, 0.1) is 11.8 Å². The first kappa shape index (κ1) is 19.0. The van der Waals surface area contributed by atoms with E-state index in [1.165, 1.54) is 32.1 Å². The van der Waals surface area contributed by atoms with Gasteiger partial charge in [-0.15, -0.1) is 0 Å². The molecule has 0 N–H and O–H groups in total. The van der Waals surface area contributed by atoms with Crippen LogP contribution in [0.4, 0.5) is 0 Å². The Bertz CT molecular complexity index is 88.1. The molecule has 0 aliphatic heterocycles. The Labute approximate surface area is 96.7 Å². The molecule has 0 aromatic rings. The van der Waals surface area contributed by atoms with Crippen LogP contribution >= 0.6 is 0 Å². The average Bonchev–Trinajstić information content (AvgIpc) is 2.10. The third-order valence-corrected chi connectivity index (χ3v) is 2.59. The minimum atomic E-state index is 0. The average molecular weight is 362 g/mol. The zero-order valence-electron chi connectivity index (χ0n) is 8.03. The van der Waals surface area contributed by atoms with Gasteiger partial charge in [0.15, 0.2) is 0 Å². The van der Waals surface area contributed by atoms with Crippen LogP contribution in [-0.4, -0.2) is 6.79 Å². The smallest absolute Gasteiger partial charge is 0.545 e. The van der Waals surface area contributed by atoms with Crippen molar-refractivity contribution in [1.82, 2.24) is 0 Å². The van der Waals surface area contributed by atoms with E-state index in [1.807, 2.05) is 0 Å². The summed E-state index contributed by atoms with van der Waals surface area (Å²) in [6.07, 6.45) is 7.46. The normalized spacial score (nSPS) is 16.2. The first-order chi connectivity index (χ1) is 5.30. The van der Waals surface area contributed by atoms with Gasteiger partial charge in [0.25, 0.3) is 0 Å². The monoisotopic (exact) mass is 363 g/mol. The summed E-state index contributed by atoms with van der Waals surface area (Å²) < 4.78 is 0. The summed E-state index contributed by atoms with van der Waals surface area (Å²) in [5, 5.41) is 0. The molecule has 0 bridgehead atoms. The molecule has 0 aromatic carbocycles. The fraction of sp³-hybridized carbons (Fsp3) is 0.909. The molecule has 1 radical (unpaired) electrons. The third kappa shape index (κ3) is 8.63. The Hall–Kier alpha value is 0.306. The van der Waals surface area contributed by atoms with Crippen molar-refractivity contribution in [2.24, 2.45) is 11.8 Å². The van der Waals surface area contributed by atoms with Gasteiger partial charge in [-0.1, -0.05) is 53.4 Å². The first-order valence-electron chi connectivity index (χ1n) is 4.54. The Balaban J connectivity index is -0.000000234. The van der Waals surface area contributed by atoms with E-state index in [0.717, 1.165) is 11.8 Å². The largest absolute Gasteiger partial charge is 1.00 e. The van der Waals surface area contributed by atoms with Gasteiger partial charge in [0.2, 0.25) is 0 Å². The Morgan fingerprint density at radius 3 is 1.69 bits per heavy atom. The molecule has 1 fully saturated rings. The molecule has 81 valence electrons. The molecule has 13 heavy (non-hydrogen) atoms. The molecule has 0 aromatic heterocycles. The predicted molar refractivity (Wildman–Crippen MR) is 54.9 cm³/mol. The maximum Gasteiger partial charge on any atom is 1.00 e.